The van der Waals surface area contributed by atoms with E-state index in [-0.39, 0.29) is 11.9 Å². The van der Waals surface area contributed by atoms with Gasteiger partial charge in [-0.3, -0.25) is 14.2 Å². The van der Waals surface area contributed by atoms with Gasteiger partial charge in [-0.1, -0.05) is 24.1 Å². The quantitative estimate of drug-likeness (QED) is 0.440. The van der Waals surface area contributed by atoms with E-state index in [0.29, 0.717) is 6.54 Å². The van der Waals surface area contributed by atoms with Gasteiger partial charge in [-0.05, 0) is 62.1 Å². The second-order valence-corrected chi connectivity index (χ2v) is 7.62. The minimum atomic E-state index is -0.148. The van der Waals surface area contributed by atoms with Gasteiger partial charge in [-0.2, -0.15) is 0 Å². The topological polar surface area (TPSA) is 59.7 Å². The number of hydrogen-bond acceptors (Lipinski definition) is 4. The Bertz CT molecular complexity index is 1320. The van der Waals surface area contributed by atoms with Gasteiger partial charge in [0, 0.05) is 24.5 Å². The molecule has 1 saturated heterocycles. The monoisotopic (exact) mass is 422 g/mol. The molecule has 0 aliphatic carbocycles. The van der Waals surface area contributed by atoms with Crippen molar-refractivity contribution in [1.82, 2.24) is 19.3 Å². The predicted molar refractivity (Wildman–Crippen MR) is 122 cm³/mol. The molecule has 0 bridgehead atoms. The summed E-state index contributed by atoms with van der Waals surface area (Å²) in [7, 11) is 0. The minimum absolute atomic E-state index is 0.104. The number of imidazole rings is 1. The van der Waals surface area contributed by atoms with Crippen LogP contribution < -0.4 is 4.74 Å². The van der Waals surface area contributed by atoms with Crippen LogP contribution in [0.5, 0.6) is 11.5 Å². The lowest BCUT2D eigenvalue weighted by Gasteiger charge is -2.21. The highest BCUT2D eigenvalue weighted by Crippen LogP contribution is 2.35. The van der Waals surface area contributed by atoms with Crippen LogP contribution in [-0.2, 0) is 4.79 Å². The SMILES string of the molecule is CC#CC(=O)N1CCC[C@H]1c1nc(-c2ccc(Oc3ccccc3)cc2)c2cnccn12. The molecule has 1 fully saturated rings. The fourth-order valence-corrected chi connectivity index (χ4v) is 4.17. The number of benzene rings is 2. The first-order valence-electron chi connectivity index (χ1n) is 10.6. The highest BCUT2D eigenvalue weighted by atomic mass is 16.5. The van der Waals surface area contributed by atoms with Crippen LogP contribution in [0.3, 0.4) is 0 Å². The Morgan fingerprint density at radius 3 is 2.66 bits per heavy atom. The lowest BCUT2D eigenvalue weighted by Crippen LogP contribution is -2.30. The Balaban J connectivity index is 1.50. The van der Waals surface area contributed by atoms with Crippen molar-refractivity contribution in [1.29, 1.82) is 0 Å². The van der Waals surface area contributed by atoms with Gasteiger partial charge in [-0.15, -0.1) is 0 Å². The number of para-hydroxylation sites is 1. The van der Waals surface area contributed by atoms with Crippen molar-refractivity contribution in [2.45, 2.75) is 25.8 Å². The largest absolute Gasteiger partial charge is 0.457 e. The van der Waals surface area contributed by atoms with Crippen LogP contribution >= 0.6 is 0 Å². The summed E-state index contributed by atoms with van der Waals surface area (Å²) in [6, 6.07) is 17.5. The van der Waals surface area contributed by atoms with Crippen LogP contribution in [0.1, 0.15) is 31.6 Å². The summed E-state index contributed by atoms with van der Waals surface area (Å²) in [4.78, 5) is 23.6. The van der Waals surface area contributed by atoms with Gasteiger partial charge in [0.25, 0.3) is 5.91 Å². The van der Waals surface area contributed by atoms with Crippen molar-refractivity contribution in [2.75, 3.05) is 6.54 Å². The number of hydrogen-bond donors (Lipinski definition) is 0. The minimum Gasteiger partial charge on any atom is -0.457 e. The molecule has 6 heteroatoms. The lowest BCUT2D eigenvalue weighted by atomic mass is 10.1. The van der Waals surface area contributed by atoms with Gasteiger partial charge in [0.1, 0.15) is 17.3 Å². The van der Waals surface area contributed by atoms with E-state index in [0.717, 1.165) is 46.9 Å². The molecule has 0 radical (unpaired) electrons. The molecule has 0 unspecified atom stereocenters. The Morgan fingerprint density at radius 2 is 1.88 bits per heavy atom. The summed E-state index contributed by atoms with van der Waals surface area (Å²) >= 11 is 0. The van der Waals surface area contributed by atoms with E-state index in [2.05, 4.69) is 16.8 Å². The number of carbonyl (C=O) groups excluding carboxylic acids is 1. The summed E-state index contributed by atoms with van der Waals surface area (Å²) in [5, 5.41) is 0. The van der Waals surface area contributed by atoms with Crippen LogP contribution in [-0.4, -0.2) is 31.7 Å². The van der Waals surface area contributed by atoms with Gasteiger partial charge in [-0.25, -0.2) is 4.98 Å². The third-order valence-electron chi connectivity index (χ3n) is 5.62. The van der Waals surface area contributed by atoms with Crippen molar-refractivity contribution in [2.24, 2.45) is 0 Å². The van der Waals surface area contributed by atoms with E-state index in [1.54, 1.807) is 13.1 Å². The molecular formula is C26H22N4O2. The average molecular weight is 422 g/mol. The molecule has 3 heterocycles. The van der Waals surface area contributed by atoms with Gasteiger partial charge >= 0.3 is 0 Å². The lowest BCUT2D eigenvalue weighted by molar-refractivity contribution is -0.126. The molecule has 158 valence electrons. The zero-order valence-electron chi connectivity index (χ0n) is 17.7. The molecule has 2 aromatic heterocycles. The average Bonchev–Trinajstić information content (AvgIpc) is 3.46. The Hall–Kier alpha value is -4.11. The van der Waals surface area contributed by atoms with Crippen LogP contribution in [0.25, 0.3) is 16.8 Å². The van der Waals surface area contributed by atoms with Gasteiger partial charge in [0.15, 0.2) is 0 Å². The van der Waals surface area contributed by atoms with Crippen LogP contribution in [0.2, 0.25) is 0 Å². The number of ether oxygens (including phenoxy) is 1. The number of likely N-dealkylation sites (tertiary alicyclic amines) is 1. The molecule has 1 amide bonds. The predicted octanol–water partition coefficient (Wildman–Crippen LogP) is 4.88. The van der Waals surface area contributed by atoms with Crippen molar-refractivity contribution >= 4 is 11.4 Å². The number of fused-ring (bicyclic) bond motifs is 1. The third-order valence-corrected chi connectivity index (χ3v) is 5.62. The second-order valence-electron chi connectivity index (χ2n) is 7.62. The molecule has 1 aliphatic heterocycles. The Labute approximate surface area is 186 Å². The molecule has 0 spiro atoms. The molecule has 32 heavy (non-hydrogen) atoms. The molecular weight excluding hydrogens is 400 g/mol. The van der Waals surface area contributed by atoms with E-state index < -0.39 is 0 Å². The molecule has 0 saturated carbocycles. The van der Waals surface area contributed by atoms with E-state index in [1.807, 2.05) is 76.3 Å². The van der Waals surface area contributed by atoms with Gasteiger partial charge in [0.05, 0.1) is 23.4 Å². The highest BCUT2D eigenvalue weighted by Gasteiger charge is 2.33. The van der Waals surface area contributed by atoms with Crippen LogP contribution in [0, 0.1) is 11.8 Å². The molecule has 0 N–H and O–H groups in total. The van der Waals surface area contributed by atoms with E-state index in [9.17, 15) is 4.79 Å². The standard InChI is InChI=1S/C26H22N4O2/c1-2-7-24(31)29-16-6-10-22(29)26-28-25(23-18-27-15-17-30(23)26)19-11-13-21(14-12-19)32-20-8-4-3-5-9-20/h3-5,8-9,11-15,17-18,22H,6,10,16H2,1H3/t22-/m0/s1. The molecule has 4 aromatic rings. The molecule has 1 atom stereocenters. The fraction of sp³-hybridized carbons (Fsp3) is 0.192. The molecule has 2 aromatic carbocycles. The van der Waals surface area contributed by atoms with Gasteiger partial charge < -0.3 is 9.64 Å². The van der Waals surface area contributed by atoms with E-state index >= 15 is 0 Å². The number of amides is 1. The Morgan fingerprint density at radius 1 is 1.09 bits per heavy atom. The highest BCUT2D eigenvalue weighted by molar-refractivity contribution is 5.94. The number of rotatable bonds is 4. The zero-order valence-corrected chi connectivity index (χ0v) is 17.7. The summed E-state index contributed by atoms with van der Waals surface area (Å²) in [6.45, 7) is 2.38. The van der Waals surface area contributed by atoms with E-state index in [4.69, 9.17) is 9.72 Å². The molecule has 1 aliphatic rings. The maximum atomic E-state index is 12.5. The summed E-state index contributed by atoms with van der Waals surface area (Å²) in [5.41, 5.74) is 2.70. The second kappa shape index (κ2) is 8.56. The summed E-state index contributed by atoms with van der Waals surface area (Å²) < 4.78 is 7.95. The maximum absolute atomic E-state index is 12.5. The smallest absolute Gasteiger partial charge is 0.299 e. The number of nitrogens with zero attached hydrogens (tertiary/aromatic N) is 4. The van der Waals surface area contributed by atoms with Crippen molar-refractivity contribution < 1.29 is 9.53 Å². The molecule has 6 nitrogen and oxygen atoms in total. The van der Waals surface area contributed by atoms with E-state index in [1.165, 1.54) is 0 Å². The number of carbonyl (C=O) groups is 1. The first kappa shape index (κ1) is 19.8. The first-order valence-corrected chi connectivity index (χ1v) is 10.6. The van der Waals surface area contributed by atoms with Gasteiger partial charge in [0.2, 0.25) is 0 Å². The van der Waals surface area contributed by atoms with Crippen molar-refractivity contribution in [3.8, 4) is 34.6 Å². The summed E-state index contributed by atoms with van der Waals surface area (Å²) in [6.07, 6.45) is 7.25. The van der Waals surface area contributed by atoms with Crippen LogP contribution in [0.4, 0.5) is 0 Å². The first-order chi connectivity index (χ1) is 15.7. The zero-order chi connectivity index (χ0) is 21.9. The maximum Gasteiger partial charge on any atom is 0.299 e. The van der Waals surface area contributed by atoms with Crippen molar-refractivity contribution in [3.63, 3.8) is 0 Å². The molecule has 5 rings (SSSR count). The fourth-order valence-electron chi connectivity index (χ4n) is 4.17. The Kier molecular flexibility index (Phi) is 5.30. The summed E-state index contributed by atoms with van der Waals surface area (Å²) in [5.74, 6) is 7.63. The number of aromatic nitrogens is 3. The van der Waals surface area contributed by atoms with Crippen molar-refractivity contribution in [3.05, 3.63) is 79.0 Å². The van der Waals surface area contributed by atoms with Crippen LogP contribution in [0.15, 0.2) is 73.2 Å². The normalized spacial score (nSPS) is 15.4. The third kappa shape index (κ3) is 3.69.